The summed E-state index contributed by atoms with van der Waals surface area (Å²) in [5, 5.41) is 14.2. The van der Waals surface area contributed by atoms with Crippen LogP contribution in [0.25, 0.3) is 22.6 Å². The van der Waals surface area contributed by atoms with Crippen molar-refractivity contribution in [3.8, 4) is 5.75 Å². The number of nitrogens with zero attached hydrogens (tertiary/aromatic N) is 1. The number of carbonyl (C=O) groups excluding carboxylic acids is 2. The van der Waals surface area contributed by atoms with Crippen LogP contribution in [0.3, 0.4) is 0 Å². The second kappa shape index (κ2) is 7.92. The number of carboxylic acids is 1. The summed E-state index contributed by atoms with van der Waals surface area (Å²) in [5.41, 5.74) is 3.49. The van der Waals surface area contributed by atoms with Gasteiger partial charge in [0.2, 0.25) is 0 Å². The van der Waals surface area contributed by atoms with Crippen molar-refractivity contribution in [2.75, 3.05) is 11.9 Å². The maximum absolute atomic E-state index is 12.3. The quantitative estimate of drug-likeness (QED) is 0.464. The van der Waals surface area contributed by atoms with Crippen LogP contribution in [0, 0.1) is 0 Å². The third-order valence-electron chi connectivity index (χ3n) is 4.12. The van der Waals surface area contributed by atoms with E-state index in [9.17, 15) is 14.7 Å². The summed E-state index contributed by atoms with van der Waals surface area (Å²) < 4.78 is 5.26. The molecule has 0 bridgehead atoms. The van der Waals surface area contributed by atoms with Crippen molar-refractivity contribution < 1.29 is 49.0 Å². The number of carboxylic acid groups (broad SMARTS) is 1. The second-order valence-electron chi connectivity index (χ2n) is 5.77. The number of anilines is 1. The van der Waals surface area contributed by atoms with Gasteiger partial charge >= 0.3 is 29.6 Å². The molecule has 1 aliphatic heterocycles. The zero-order chi connectivity index (χ0) is 18.1. The number of hydrogen-bond acceptors (Lipinski definition) is 5. The Morgan fingerprint density at radius 3 is 2.78 bits per heavy atom. The van der Waals surface area contributed by atoms with E-state index in [0.29, 0.717) is 16.8 Å². The van der Waals surface area contributed by atoms with Gasteiger partial charge in [-0.05, 0) is 29.8 Å². The smallest absolute Gasteiger partial charge is 0.546 e. The average Bonchev–Trinajstić information content (AvgIpc) is 2.96. The van der Waals surface area contributed by atoms with E-state index in [1.54, 1.807) is 30.5 Å². The van der Waals surface area contributed by atoms with Crippen LogP contribution < -0.4 is 44.7 Å². The fourth-order valence-corrected chi connectivity index (χ4v) is 2.99. The van der Waals surface area contributed by atoms with Gasteiger partial charge in [-0.25, -0.2) is 0 Å². The van der Waals surface area contributed by atoms with E-state index < -0.39 is 12.6 Å². The predicted octanol–water partition coefficient (Wildman–Crippen LogP) is -1.14. The summed E-state index contributed by atoms with van der Waals surface area (Å²) in [6.45, 7) is -0.554. The molecule has 1 N–H and O–H groups in total. The molecule has 128 valence electrons. The molecule has 2 heterocycles. The normalized spacial score (nSPS) is 13.8. The van der Waals surface area contributed by atoms with Gasteiger partial charge in [0.25, 0.3) is 5.91 Å². The molecule has 2 aromatic carbocycles. The van der Waals surface area contributed by atoms with Crippen molar-refractivity contribution >= 4 is 40.1 Å². The van der Waals surface area contributed by atoms with E-state index in [4.69, 9.17) is 4.74 Å². The summed E-state index contributed by atoms with van der Waals surface area (Å²) in [4.78, 5) is 27.3. The molecule has 0 saturated heterocycles. The van der Waals surface area contributed by atoms with E-state index in [1.807, 2.05) is 30.3 Å². The average molecular weight is 368 g/mol. The van der Waals surface area contributed by atoms with Gasteiger partial charge in [0, 0.05) is 28.4 Å². The van der Waals surface area contributed by atoms with Gasteiger partial charge in [-0.3, -0.25) is 9.78 Å². The van der Waals surface area contributed by atoms with Gasteiger partial charge < -0.3 is 20.0 Å². The predicted molar refractivity (Wildman–Crippen MR) is 95.2 cm³/mol. The Labute approximate surface area is 177 Å². The van der Waals surface area contributed by atoms with Crippen LogP contribution in [0.2, 0.25) is 0 Å². The minimum absolute atomic E-state index is 0. The third kappa shape index (κ3) is 3.73. The van der Waals surface area contributed by atoms with Gasteiger partial charge in [0.05, 0.1) is 5.97 Å². The number of ether oxygens (including phenoxy) is 1. The molecular weight excluding hydrogens is 355 g/mol. The van der Waals surface area contributed by atoms with Crippen molar-refractivity contribution in [2.45, 2.75) is 0 Å². The molecule has 0 spiro atoms. The number of benzene rings is 2. The molecular formula is C20H13N2NaO4. The van der Waals surface area contributed by atoms with Crippen LogP contribution >= 0.6 is 0 Å². The van der Waals surface area contributed by atoms with Crippen molar-refractivity contribution in [3.05, 3.63) is 65.9 Å². The van der Waals surface area contributed by atoms with Crippen LogP contribution in [0.5, 0.6) is 5.75 Å². The molecule has 1 aromatic heterocycles. The first-order valence-corrected chi connectivity index (χ1v) is 7.96. The Bertz CT molecular complexity index is 1080. The van der Waals surface area contributed by atoms with Crippen LogP contribution in [0.4, 0.5) is 5.69 Å². The molecule has 0 unspecified atom stereocenters. The minimum Gasteiger partial charge on any atom is -0.546 e. The van der Waals surface area contributed by atoms with E-state index in [2.05, 4.69) is 10.3 Å². The van der Waals surface area contributed by atoms with Crippen molar-refractivity contribution in [3.63, 3.8) is 0 Å². The summed E-state index contributed by atoms with van der Waals surface area (Å²) >= 11 is 0. The van der Waals surface area contributed by atoms with Crippen molar-refractivity contribution in [2.24, 2.45) is 0 Å². The van der Waals surface area contributed by atoms with Gasteiger partial charge in [-0.2, -0.15) is 0 Å². The molecule has 0 aliphatic carbocycles. The zero-order valence-corrected chi connectivity index (χ0v) is 16.6. The monoisotopic (exact) mass is 368 g/mol. The summed E-state index contributed by atoms with van der Waals surface area (Å²) in [7, 11) is 0. The zero-order valence-electron chi connectivity index (χ0n) is 14.6. The van der Waals surface area contributed by atoms with E-state index in [0.717, 1.165) is 22.2 Å². The Morgan fingerprint density at radius 2 is 1.96 bits per heavy atom. The topological polar surface area (TPSA) is 91.4 Å². The molecule has 0 fully saturated rings. The van der Waals surface area contributed by atoms with Gasteiger partial charge in [0.15, 0.2) is 0 Å². The van der Waals surface area contributed by atoms with Crippen LogP contribution in [-0.4, -0.2) is 23.5 Å². The van der Waals surface area contributed by atoms with Crippen LogP contribution in [0.1, 0.15) is 11.1 Å². The SMILES string of the molecule is O=C([O-])COc1ccc(C=C2C(=O)Nc3ccccc32)c2cccnc12.[Na+]. The number of nitrogens with one attached hydrogen (secondary N) is 1. The van der Waals surface area contributed by atoms with Gasteiger partial charge in [0.1, 0.15) is 17.9 Å². The summed E-state index contributed by atoms with van der Waals surface area (Å²) in [6, 6.07) is 14.5. The number of rotatable bonds is 4. The Kier molecular flexibility index (Phi) is 5.60. The molecule has 1 amide bonds. The van der Waals surface area contributed by atoms with Crippen LogP contribution in [0.15, 0.2) is 54.7 Å². The third-order valence-corrected chi connectivity index (χ3v) is 4.12. The number of hydrogen-bond donors (Lipinski definition) is 1. The summed E-state index contributed by atoms with van der Waals surface area (Å²) in [5.74, 6) is -1.12. The molecule has 1 aliphatic rings. The second-order valence-corrected chi connectivity index (χ2v) is 5.77. The molecule has 4 rings (SSSR count). The Morgan fingerprint density at radius 1 is 1.15 bits per heavy atom. The van der Waals surface area contributed by atoms with Crippen molar-refractivity contribution in [1.29, 1.82) is 0 Å². The molecule has 7 heteroatoms. The molecule has 0 radical (unpaired) electrons. The molecule has 3 aromatic rings. The number of aromatic nitrogens is 1. The number of carbonyl (C=O) groups is 2. The fraction of sp³-hybridized carbons (Fsp3) is 0.0500. The number of para-hydroxylation sites is 1. The molecule has 27 heavy (non-hydrogen) atoms. The van der Waals surface area contributed by atoms with Crippen LogP contribution in [-0.2, 0) is 9.59 Å². The van der Waals surface area contributed by atoms with E-state index >= 15 is 0 Å². The number of aliphatic carboxylic acids is 1. The van der Waals surface area contributed by atoms with Gasteiger partial charge in [-0.15, -0.1) is 0 Å². The number of fused-ring (bicyclic) bond motifs is 2. The first-order valence-electron chi connectivity index (χ1n) is 7.96. The van der Waals surface area contributed by atoms with E-state index in [1.165, 1.54) is 0 Å². The number of pyridine rings is 1. The molecule has 6 nitrogen and oxygen atoms in total. The Hall–Kier alpha value is -2.67. The maximum Gasteiger partial charge on any atom is 1.00 e. The Balaban J connectivity index is 0.00000210. The maximum atomic E-state index is 12.3. The standard InChI is InChI=1S/C20H14N2O4.Na/c23-18(24)11-26-17-8-7-12(13-5-3-9-21-19(13)17)10-15-14-4-1-2-6-16(14)22-20(15)25;/h1-10H,11H2,(H,22,25)(H,23,24);/q;+1/p-1. The van der Waals surface area contributed by atoms with Gasteiger partial charge in [-0.1, -0.05) is 30.3 Å². The molecule has 0 atom stereocenters. The van der Waals surface area contributed by atoms with E-state index in [-0.39, 0.29) is 35.5 Å². The molecule has 0 saturated carbocycles. The van der Waals surface area contributed by atoms with Crippen molar-refractivity contribution in [1.82, 2.24) is 4.98 Å². The largest absolute Gasteiger partial charge is 1.00 e. The first kappa shape index (κ1) is 19.1. The first-order chi connectivity index (χ1) is 12.6. The number of amides is 1. The summed E-state index contributed by atoms with van der Waals surface area (Å²) in [6.07, 6.45) is 3.40. The minimum atomic E-state index is -1.31. The fourth-order valence-electron chi connectivity index (χ4n) is 2.99.